The Kier molecular flexibility index (Phi) is 4.19. The number of sulfone groups is 1. The van der Waals surface area contributed by atoms with Crippen LogP contribution in [0, 0.1) is 0 Å². The van der Waals surface area contributed by atoms with E-state index in [9.17, 15) is 13.2 Å². The third-order valence-electron chi connectivity index (χ3n) is 3.95. The van der Waals surface area contributed by atoms with Crippen LogP contribution in [0.15, 0.2) is 47.4 Å². The number of anilines is 1. The summed E-state index contributed by atoms with van der Waals surface area (Å²) >= 11 is 0. The van der Waals surface area contributed by atoms with Gasteiger partial charge in [-0.05, 0) is 30.3 Å². The van der Waals surface area contributed by atoms with Crippen molar-refractivity contribution in [3.63, 3.8) is 0 Å². The highest BCUT2D eigenvalue weighted by atomic mass is 32.2. The van der Waals surface area contributed by atoms with Gasteiger partial charge in [-0.1, -0.05) is 12.1 Å². The van der Waals surface area contributed by atoms with Gasteiger partial charge < -0.3 is 14.4 Å². The zero-order valence-electron chi connectivity index (χ0n) is 13.4. The second-order valence-electron chi connectivity index (χ2n) is 5.31. The molecular formula is C17H17NO5S. The molecule has 0 saturated carbocycles. The van der Waals surface area contributed by atoms with E-state index in [1.165, 1.54) is 25.2 Å². The number of carbonyl (C=O) groups excluding carboxylic acids is 1. The lowest BCUT2D eigenvalue weighted by atomic mass is 10.1. The van der Waals surface area contributed by atoms with Crippen LogP contribution in [-0.4, -0.2) is 40.8 Å². The maximum Gasteiger partial charge on any atom is 0.258 e. The molecule has 0 bridgehead atoms. The summed E-state index contributed by atoms with van der Waals surface area (Å²) in [6, 6.07) is 11.4. The molecule has 0 radical (unpaired) electrons. The van der Waals surface area contributed by atoms with Gasteiger partial charge in [0.2, 0.25) is 0 Å². The Hall–Kier alpha value is -2.54. The molecule has 24 heavy (non-hydrogen) atoms. The predicted octanol–water partition coefficient (Wildman–Crippen LogP) is 2.14. The molecule has 2 aromatic carbocycles. The van der Waals surface area contributed by atoms with Crippen molar-refractivity contribution in [3.05, 3.63) is 48.0 Å². The zero-order chi connectivity index (χ0) is 17.3. The molecule has 0 N–H and O–H groups in total. The average molecular weight is 347 g/mol. The standard InChI is InChI=1S/C17H17NO5S/c1-22-14-8-7-12(11-15(14)23-2)17(19)18-9-10-24(20,21)16-6-4-3-5-13(16)18/h3-8,11H,9-10H2,1-2H3. The minimum Gasteiger partial charge on any atom is -0.493 e. The first-order chi connectivity index (χ1) is 11.5. The van der Waals surface area contributed by atoms with Gasteiger partial charge in [-0.3, -0.25) is 4.79 Å². The second-order valence-corrected chi connectivity index (χ2v) is 7.39. The third kappa shape index (κ3) is 2.71. The molecule has 6 nitrogen and oxygen atoms in total. The molecule has 1 aliphatic rings. The number of hydrogen-bond acceptors (Lipinski definition) is 5. The Morgan fingerprint density at radius 2 is 1.75 bits per heavy atom. The van der Waals surface area contributed by atoms with Crippen molar-refractivity contribution in [1.29, 1.82) is 0 Å². The van der Waals surface area contributed by atoms with E-state index in [-0.39, 0.29) is 23.1 Å². The summed E-state index contributed by atoms with van der Waals surface area (Å²) in [6.07, 6.45) is 0. The first-order valence-electron chi connectivity index (χ1n) is 7.33. The van der Waals surface area contributed by atoms with Gasteiger partial charge in [0.15, 0.2) is 21.3 Å². The maximum absolute atomic E-state index is 12.9. The molecule has 126 valence electrons. The molecule has 0 spiro atoms. The van der Waals surface area contributed by atoms with E-state index in [1.807, 2.05) is 0 Å². The fraction of sp³-hybridized carbons (Fsp3) is 0.235. The van der Waals surface area contributed by atoms with Gasteiger partial charge >= 0.3 is 0 Å². The van der Waals surface area contributed by atoms with Crippen molar-refractivity contribution < 1.29 is 22.7 Å². The molecule has 2 aromatic rings. The van der Waals surface area contributed by atoms with Crippen LogP contribution in [0.3, 0.4) is 0 Å². The molecule has 0 aromatic heterocycles. The molecule has 7 heteroatoms. The van der Waals surface area contributed by atoms with Crippen molar-refractivity contribution in [2.75, 3.05) is 31.4 Å². The monoisotopic (exact) mass is 347 g/mol. The van der Waals surface area contributed by atoms with Crippen LogP contribution < -0.4 is 14.4 Å². The Bertz CT molecular complexity index is 892. The van der Waals surface area contributed by atoms with E-state index in [4.69, 9.17) is 9.47 Å². The number of ether oxygens (including phenoxy) is 2. The fourth-order valence-corrected chi connectivity index (χ4v) is 4.15. The van der Waals surface area contributed by atoms with Crippen LogP contribution in [0.5, 0.6) is 11.5 Å². The van der Waals surface area contributed by atoms with Crippen LogP contribution >= 0.6 is 0 Å². The molecule has 0 aliphatic carbocycles. The van der Waals surface area contributed by atoms with E-state index >= 15 is 0 Å². The molecule has 1 aliphatic heterocycles. The van der Waals surface area contributed by atoms with Crippen molar-refractivity contribution in [2.24, 2.45) is 0 Å². The van der Waals surface area contributed by atoms with Crippen LogP contribution in [0.4, 0.5) is 5.69 Å². The Labute approximate surface area is 140 Å². The van der Waals surface area contributed by atoms with Crippen LogP contribution in [-0.2, 0) is 9.84 Å². The van der Waals surface area contributed by atoms with Gasteiger partial charge in [0.05, 0.1) is 30.6 Å². The van der Waals surface area contributed by atoms with Crippen LogP contribution in [0.2, 0.25) is 0 Å². The van der Waals surface area contributed by atoms with Gasteiger partial charge in [-0.2, -0.15) is 0 Å². The lowest BCUT2D eigenvalue weighted by Crippen LogP contribution is -2.39. The zero-order valence-corrected chi connectivity index (χ0v) is 14.2. The third-order valence-corrected chi connectivity index (χ3v) is 5.69. The normalized spacial score (nSPS) is 15.5. The van der Waals surface area contributed by atoms with E-state index < -0.39 is 9.84 Å². The minimum absolute atomic E-state index is 0.0942. The summed E-state index contributed by atoms with van der Waals surface area (Å²) in [5.74, 6) is 0.596. The number of para-hydroxylation sites is 1. The smallest absolute Gasteiger partial charge is 0.258 e. The molecular weight excluding hydrogens is 330 g/mol. The topological polar surface area (TPSA) is 72.9 Å². The number of carbonyl (C=O) groups is 1. The van der Waals surface area contributed by atoms with E-state index in [0.29, 0.717) is 22.7 Å². The predicted molar refractivity (Wildman–Crippen MR) is 89.7 cm³/mol. The van der Waals surface area contributed by atoms with Crippen LogP contribution in [0.1, 0.15) is 10.4 Å². The van der Waals surface area contributed by atoms with Crippen molar-refractivity contribution in [2.45, 2.75) is 4.90 Å². The van der Waals surface area contributed by atoms with Gasteiger partial charge in [0.25, 0.3) is 5.91 Å². The van der Waals surface area contributed by atoms with Crippen LogP contribution in [0.25, 0.3) is 0 Å². The van der Waals surface area contributed by atoms with Gasteiger partial charge in [0.1, 0.15) is 0 Å². The molecule has 0 fully saturated rings. The maximum atomic E-state index is 12.9. The Morgan fingerprint density at radius 1 is 1.04 bits per heavy atom. The number of amides is 1. The molecule has 0 unspecified atom stereocenters. The summed E-state index contributed by atoms with van der Waals surface area (Å²) in [5, 5.41) is 0. The summed E-state index contributed by atoms with van der Waals surface area (Å²) in [7, 11) is -0.339. The Balaban J connectivity index is 2.02. The number of nitrogens with zero attached hydrogens (tertiary/aromatic N) is 1. The largest absolute Gasteiger partial charge is 0.493 e. The fourth-order valence-electron chi connectivity index (χ4n) is 2.72. The molecule has 1 amide bonds. The highest BCUT2D eigenvalue weighted by Crippen LogP contribution is 2.33. The number of rotatable bonds is 3. The SMILES string of the molecule is COc1ccc(C(=O)N2CCS(=O)(=O)c3ccccc32)cc1OC. The highest BCUT2D eigenvalue weighted by Gasteiger charge is 2.31. The summed E-state index contributed by atoms with van der Waals surface area (Å²) < 4.78 is 34.8. The molecule has 3 rings (SSSR count). The van der Waals surface area contributed by atoms with Gasteiger partial charge in [-0.15, -0.1) is 0 Å². The quantitative estimate of drug-likeness (QED) is 0.850. The lowest BCUT2D eigenvalue weighted by Gasteiger charge is -2.29. The lowest BCUT2D eigenvalue weighted by molar-refractivity contribution is 0.0987. The number of fused-ring (bicyclic) bond motifs is 1. The average Bonchev–Trinajstić information content (AvgIpc) is 2.61. The minimum atomic E-state index is -3.35. The summed E-state index contributed by atoms with van der Waals surface area (Å²) in [6.45, 7) is 0.118. The highest BCUT2D eigenvalue weighted by molar-refractivity contribution is 7.91. The summed E-state index contributed by atoms with van der Waals surface area (Å²) in [4.78, 5) is 14.5. The van der Waals surface area contributed by atoms with Crippen molar-refractivity contribution >= 4 is 21.4 Å². The van der Waals surface area contributed by atoms with Crippen molar-refractivity contribution in [3.8, 4) is 11.5 Å². The van der Waals surface area contributed by atoms with Crippen molar-refractivity contribution in [1.82, 2.24) is 0 Å². The first kappa shape index (κ1) is 16.3. The number of benzene rings is 2. The number of methoxy groups -OCH3 is 2. The number of hydrogen-bond donors (Lipinski definition) is 0. The molecule has 1 heterocycles. The van der Waals surface area contributed by atoms with E-state index in [1.54, 1.807) is 36.4 Å². The first-order valence-corrected chi connectivity index (χ1v) is 8.99. The second kappa shape index (κ2) is 6.16. The van der Waals surface area contributed by atoms with E-state index in [0.717, 1.165) is 0 Å². The molecule has 0 saturated heterocycles. The molecule has 0 atom stereocenters. The Morgan fingerprint density at radius 3 is 2.46 bits per heavy atom. The van der Waals surface area contributed by atoms with Gasteiger partial charge in [-0.25, -0.2) is 8.42 Å². The van der Waals surface area contributed by atoms with E-state index in [2.05, 4.69) is 0 Å². The summed E-state index contributed by atoms with van der Waals surface area (Å²) in [5.41, 5.74) is 0.810. The van der Waals surface area contributed by atoms with Gasteiger partial charge in [0, 0.05) is 12.1 Å².